The Kier molecular flexibility index (Phi) is 10.8. The maximum atomic E-state index is 12.8. The van der Waals surface area contributed by atoms with Crippen LogP contribution in [-0.4, -0.2) is 110 Å². The summed E-state index contributed by atoms with van der Waals surface area (Å²) in [4.78, 5) is 59.7. The summed E-state index contributed by atoms with van der Waals surface area (Å²) in [6, 6.07) is -4.02. The van der Waals surface area contributed by atoms with Crippen molar-refractivity contribution < 1.29 is 53.9 Å². The summed E-state index contributed by atoms with van der Waals surface area (Å²) in [5.74, 6) is -5.15. The number of carboxylic acid groups (broad SMARTS) is 2. The molecule has 194 valence electrons. The Hall–Kier alpha value is -2.85. The summed E-state index contributed by atoms with van der Waals surface area (Å²) in [5, 5.41) is 40.2. The number of carboxylic acids is 2. The predicted octanol–water partition coefficient (Wildman–Crippen LogP) is -3.68. The summed E-state index contributed by atoms with van der Waals surface area (Å²) in [6.07, 6.45) is -7.87. The van der Waals surface area contributed by atoms with Crippen molar-refractivity contribution >= 4 is 29.7 Å². The van der Waals surface area contributed by atoms with E-state index < -0.39 is 91.5 Å². The molecule has 0 aromatic heterocycles. The molecule has 1 fully saturated rings. The predicted molar refractivity (Wildman–Crippen MR) is 112 cm³/mol. The molecular formula is C19H32N4O11. The van der Waals surface area contributed by atoms with Gasteiger partial charge in [0.05, 0.1) is 12.6 Å². The number of primary amides is 1. The minimum Gasteiger partial charge on any atom is -0.481 e. The fourth-order valence-electron chi connectivity index (χ4n) is 3.46. The summed E-state index contributed by atoms with van der Waals surface area (Å²) < 4.78 is 10.9. The van der Waals surface area contributed by atoms with Gasteiger partial charge < -0.3 is 51.6 Å². The highest BCUT2D eigenvalue weighted by atomic mass is 16.6. The minimum absolute atomic E-state index is 0.287. The first-order valence-electron chi connectivity index (χ1n) is 10.4. The number of carbonyl (C=O) groups excluding carboxylic acids is 3. The Balaban J connectivity index is 3.18. The molecule has 0 unspecified atom stereocenters. The average molecular weight is 492 g/mol. The first kappa shape index (κ1) is 29.2. The van der Waals surface area contributed by atoms with Crippen LogP contribution in [0.2, 0.25) is 0 Å². The Morgan fingerprint density at radius 1 is 1.18 bits per heavy atom. The van der Waals surface area contributed by atoms with Crippen LogP contribution >= 0.6 is 0 Å². The smallest absolute Gasteiger partial charge is 0.332 e. The van der Waals surface area contributed by atoms with E-state index in [1.807, 2.05) is 0 Å². The maximum absolute atomic E-state index is 12.8. The molecule has 0 radical (unpaired) electrons. The molecule has 1 heterocycles. The molecule has 0 saturated carbocycles. The third kappa shape index (κ3) is 7.33. The minimum atomic E-state index is -1.55. The van der Waals surface area contributed by atoms with E-state index in [1.165, 1.54) is 13.8 Å². The van der Waals surface area contributed by atoms with Gasteiger partial charge in [-0.15, -0.1) is 0 Å². The lowest BCUT2D eigenvalue weighted by atomic mass is 9.94. The number of hydrogen-bond acceptors (Lipinski definition) is 10. The molecule has 8 atom stereocenters. The highest BCUT2D eigenvalue weighted by Gasteiger charge is 2.49. The number of hydrogen-bond donors (Lipinski definition) is 7. The lowest BCUT2D eigenvalue weighted by Crippen LogP contribution is -2.70. The molecular weight excluding hydrogens is 460 g/mol. The molecule has 15 heteroatoms. The Morgan fingerprint density at radius 2 is 1.76 bits per heavy atom. The van der Waals surface area contributed by atoms with E-state index in [4.69, 9.17) is 31.2 Å². The molecule has 1 rings (SSSR count). The number of ether oxygens (including phenoxy) is 2. The lowest BCUT2D eigenvalue weighted by molar-refractivity contribution is -0.245. The highest BCUT2D eigenvalue weighted by molar-refractivity contribution is 5.91. The SMILES string of the molecule is CC(=O)N([C@@H](C)C(=O)N[C@H](CCC(=O)O)C(N)=O)[C@H]1O[C@H](CO)[C@@H](O)[C@H](O[C@H](C)C(=O)O)[C@H]1N. The normalized spacial score (nSPS) is 27.2. The van der Waals surface area contributed by atoms with Gasteiger partial charge >= 0.3 is 11.9 Å². The Bertz CT molecular complexity index is 779. The number of rotatable bonds is 12. The van der Waals surface area contributed by atoms with Gasteiger partial charge in [-0.2, -0.15) is 0 Å². The van der Waals surface area contributed by atoms with Crippen LogP contribution in [-0.2, 0) is 33.4 Å². The zero-order valence-electron chi connectivity index (χ0n) is 19.0. The van der Waals surface area contributed by atoms with Crippen molar-refractivity contribution in [3.63, 3.8) is 0 Å². The highest BCUT2D eigenvalue weighted by Crippen LogP contribution is 2.27. The van der Waals surface area contributed by atoms with Crippen molar-refractivity contribution in [1.82, 2.24) is 10.2 Å². The number of amides is 3. The van der Waals surface area contributed by atoms with Crippen molar-refractivity contribution in [2.75, 3.05) is 6.61 Å². The van der Waals surface area contributed by atoms with Gasteiger partial charge in [0, 0.05) is 13.3 Å². The lowest BCUT2D eigenvalue weighted by Gasteiger charge is -2.48. The van der Waals surface area contributed by atoms with Crippen LogP contribution in [0.1, 0.15) is 33.6 Å². The summed E-state index contributed by atoms with van der Waals surface area (Å²) >= 11 is 0. The fraction of sp³-hybridized carbons (Fsp3) is 0.737. The van der Waals surface area contributed by atoms with Crippen molar-refractivity contribution in [3.05, 3.63) is 0 Å². The van der Waals surface area contributed by atoms with Gasteiger partial charge in [-0.3, -0.25) is 19.2 Å². The van der Waals surface area contributed by atoms with Crippen molar-refractivity contribution in [1.29, 1.82) is 0 Å². The molecule has 9 N–H and O–H groups in total. The zero-order chi connectivity index (χ0) is 26.3. The molecule has 15 nitrogen and oxygen atoms in total. The number of aliphatic carboxylic acids is 2. The maximum Gasteiger partial charge on any atom is 0.332 e. The van der Waals surface area contributed by atoms with Gasteiger partial charge in [-0.25, -0.2) is 4.79 Å². The first-order chi connectivity index (χ1) is 15.7. The largest absolute Gasteiger partial charge is 0.481 e. The monoisotopic (exact) mass is 492 g/mol. The van der Waals surface area contributed by atoms with E-state index in [1.54, 1.807) is 0 Å². The van der Waals surface area contributed by atoms with Gasteiger partial charge in [0.15, 0.2) is 12.3 Å². The molecule has 0 bridgehead atoms. The van der Waals surface area contributed by atoms with E-state index >= 15 is 0 Å². The Morgan fingerprint density at radius 3 is 2.21 bits per heavy atom. The van der Waals surface area contributed by atoms with E-state index in [-0.39, 0.29) is 6.42 Å². The van der Waals surface area contributed by atoms with Crippen LogP contribution in [0, 0.1) is 0 Å². The first-order valence-corrected chi connectivity index (χ1v) is 10.4. The number of nitrogens with one attached hydrogen (secondary N) is 1. The summed E-state index contributed by atoms with van der Waals surface area (Å²) in [7, 11) is 0. The van der Waals surface area contributed by atoms with E-state index in [2.05, 4.69) is 5.32 Å². The Labute approximate surface area is 195 Å². The molecule has 0 spiro atoms. The summed E-state index contributed by atoms with van der Waals surface area (Å²) in [6.45, 7) is 2.82. The second-order valence-corrected chi connectivity index (χ2v) is 7.89. The van der Waals surface area contributed by atoms with Crippen LogP contribution < -0.4 is 16.8 Å². The van der Waals surface area contributed by atoms with Crippen molar-refractivity contribution in [2.45, 2.75) is 82.4 Å². The van der Waals surface area contributed by atoms with Gasteiger partial charge in [-0.1, -0.05) is 0 Å². The van der Waals surface area contributed by atoms with Gasteiger partial charge in [0.1, 0.15) is 30.4 Å². The molecule has 0 aliphatic carbocycles. The number of aliphatic hydroxyl groups is 2. The van der Waals surface area contributed by atoms with Crippen LogP contribution in [0.4, 0.5) is 0 Å². The molecule has 34 heavy (non-hydrogen) atoms. The molecule has 1 aliphatic heterocycles. The molecule has 3 amide bonds. The number of aliphatic hydroxyl groups excluding tert-OH is 2. The fourth-order valence-corrected chi connectivity index (χ4v) is 3.46. The van der Waals surface area contributed by atoms with Gasteiger partial charge in [0.2, 0.25) is 17.7 Å². The van der Waals surface area contributed by atoms with Crippen molar-refractivity contribution in [3.8, 4) is 0 Å². The standard InChI is InChI=1S/C19H32N4O11/c1-7(17(30)22-10(16(21)29)4-5-12(26)27)23(9(3)25)18-13(20)15(33-8(2)19(31)32)14(28)11(6-24)34-18/h7-8,10-11,13-15,18,24,28H,4-6,20H2,1-3H3,(H2,21,29)(H,22,30)(H,26,27)(H,31,32)/t7-,8+,10+,11+,13+,14+,15+,18-/m0/s1. The third-order valence-corrected chi connectivity index (χ3v) is 5.37. The van der Waals surface area contributed by atoms with Crippen LogP contribution in [0.25, 0.3) is 0 Å². The molecule has 0 aromatic rings. The summed E-state index contributed by atoms with van der Waals surface area (Å²) in [5.41, 5.74) is 11.4. The third-order valence-electron chi connectivity index (χ3n) is 5.37. The van der Waals surface area contributed by atoms with E-state index in [0.29, 0.717) is 0 Å². The number of nitrogens with zero attached hydrogens (tertiary/aromatic N) is 1. The van der Waals surface area contributed by atoms with E-state index in [0.717, 1.165) is 11.8 Å². The number of carbonyl (C=O) groups is 5. The molecule has 1 aliphatic rings. The second-order valence-electron chi connectivity index (χ2n) is 7.89. The average Bonchev–Trinajstić information content (AvgIpc) is 2.74. The quantitative estimate of drug-likeness (QED) is 0.139. The zero-order valence-corrected chi connectivity index (χ0v) is 19.0. The van der Waals surface area contributed by atoms with Crippen LogP contribution in [0.3, 0.4) is 0 Å². The van der Waals surface area contributed by atoms with E-state index in [9.17, 15) is 34.2 Å². The van der Waals surface area contributed by atoms with Gasteiger partial charge in [-0.05, 0) is 20.3 Å². The van der Waals surface area contributed by atoms with Gasteiger partial charge in [0.25, 0.3) is 0 Å². The van der Waals surface area contributed by atoms with Crippen LogP contribution in [0.5, 0.6) is 0 Å². The molecule has 1 saturated heterocycles. The van der Waals surface area contributed by atoms with Crippen LogP contribution in [0.15, 0.2) is 0 Å². The van der Waals surface area contributed by atoms with Crippen molar-refractivity contribution in [2.24, 2.45) is 11.5 Å². The number of nitrogens with two attached hydrogens (primary N) is 2. The molecule has 0 aromatic carbocycles. The second kappa shape index (κ2) is 12.6. The topological polar surface area (TPSA) is 252 Å².